The highest BCUT2D eigenvalue weighted by molar-refractivity contribution is 6.12. The lowest BCUT2D eigenvalue weighted by molar-refractivity contribution is 0.445. The highest BCUT2D eigenvalue weighted by atomic mass is 16.5. The number of benzene rings is 8. The van der Waals surface area contributed by atoms with Crippen LogP contribution in [0.1, 0.15) is 44.5 Å². The molecule has 2 aliphatic heterocycles. The van der Waals surface area contributed by atoms with Crippen molar-refractivity contribution in [1.29, 1.82) is 0 Å². The molecule has 0 fully saturated rings. The van der Waals surface area contributed by atoms with Gasteiger partial charge in [-0.3, -0.25) is 0 Å². The van der Waals surface area contributed by atoms with Crippen molar-refractivity contribution in [3.8, 4) is 0 Å². The van der Waals surface area contributed by atoms with Gasteiger partial charge < -0.3 is 9.47 Å². The normalized spacial score (nSPS) is 14.9. The molecule has 60 heavy (non-hydrogen) atoms. The van der Waals surface area contributed by atoms with Gasteiger partial charge in [0.15, 0.2) is 0 Å². The second-order valence-electron chi connectivity index (χ2n) is 15.1. The van der Waals surface area contributed by atoms with Gasteiger partial charge in [0.05, 0.1) is 0 Å². The average molecular weight is 771 g/mol. The third kappa shape index (κ3) is 6.99. The molecule has 0 atom stereocenters. The summed E-state index contributed by atoms with van der Waals surface area (Å²) in [5.41, 5.74) is 12.8. The van der Waals surface area contributed by atoms with Crippen molar-refractivity contribution in [3.05, 3.63) is 287 Å². The molecule has 10 rings (SSSR count). The van der Waals surface area contributed by atoms with Gasteiger partial charge in [-0.1, -0.05) is 243 Å². The molecule has 8 aromatic rings. The Morgan fingerprint density at radius 2 is 0.333 bits per heavy atom. The summed E-state index contributed by atoms with van der Waals surface area (Å²) in [7, 11) is 0. The molecule has 0 saturated carbocycles. The van der Waals surface area contributed by atoms with Crippen molar-refractivity contribution in [3.63, 3.8) is 0 Å². The second-order valence-corrected chi connectivity index (χ2v) is 15.1. The predicted molar refractivity (Wildman–Crippen MR) is 248 cm³/mol. The molecule has 0 aliphatic carbocycles. The smallest absolute Gasteiger partial charge is 0.139 e. The number of allylic oxidation sites excluding steroid dienone is 4. The molecular formula is C58H42O2. The van der Waals surface area contributed by atoms with Gasteiger partial charge >= 0.3 is 0 Å². The first-order valence-electron chi connectivity index (χ1n) is 20.6. The van der Waals surface area contributed by atoms with Crippen molar-refractivity contribution in [2.75, 3.05) is 0 Å². The van der Waals surface area contributed by atoms with Crippen LogP contribution in [0.15, 0.2) is 243 Å². The van der Waals surface area contributed by atoms with E-state index in [-0.39, 0.29) is 11.8 Å². The van der Waals surface area contributed by atoms with Gasteiger partial charge in [0.25, 0.3) is 0 Å². The molecule has 0 amide bonds. The molecule has 0 spiro atoms. The third-order valence-electron chi connectivity index (χ3n) is 11.4. The zero-order valence-corrected chi connectivity index (χ0v) is 33.1. The lowest BCUT2D eigenvalue weighted by Gasteiger charge is -2.43. The van der Waals surface area contributed by atoms with Gasteiger partial charge in [0.2, 0.25) is 0 Å². The van der Waals surface area contributed by atoms with Crippen LogP contribution >= 0.6 is 0 Å². The summed E-state index contributed by atoms with van der Waals surface area (Å²) in [6.45, 7) is 0. The summed E-state index contributed by atoms with van der Waals surface area (Å²) in [6.07, 6.45) is 0. The summed E-state index contributed by atoms with van der Waals surface area (Å²) < 4.78 is 15.0. The number of rotatable bonds is 9. The number of hydrogen-bond acceptors (Lipinski definition) is 2. The lowest BCUT2D eigenvalue weighted by atomic mass is 9.64. The summed E-state index contributed by atoms with van der Waals surface area (Å²) in [6, 6.07) is 85.7. The van der Waals surface area contributed by atoms with Gasteiger partial charge in [0.1, 0.15) is 23.0 Å². The zero-order valence-electron chi connectivity index (χ0n) is 33.1. The van der Waals surface area contributed by atoms with Crippen LogP contribution in [0.5, 0.6) is 0 Å². The van der Waals surface area contributed by atoms with Crippen LogP contribution in [-0.2, 0) is 9.47 Å². The summed E-state index contributed by atoms with van der Waals surface area (Å²) in [5, 5.41) is 0. The lowest BCUT2D eigenvalue weighted by Crippen LogP contribution is -2.29. The van der Waals surface area contributed by atoms with Gasteiger partial charge in [-0.15, -0.1) is 0 Å². The van der Waals surface area contributed by atoms with Crippen LogP contribution in [0.3, 0.4) is 0 Å². The zero-order chi connectivity index (χ0) is 40.1. The minimum absolute atomic E-state index is 0.305. The maximum atomic E-state index is 7.51. The van der Waals surface area contributed by atoms with E-state index in [4.69, 9.17) is 9.47 Å². The van der Waals surface area contributed by atoms with E-state index in [1.807, 2.05) is 0 Å². The van der Waals surface area contributed by atoms with Gasteiger partial charge in [0, 0.05) is 56.4 Å². The Balaban J connectivity index is 1.43. The molecular weight excluding hydrogens is 729 g/mol. The predicted octanol–water partition coefficient (Wildman–Crippen LogP) is 14.6. The van der Waals surface area contributed by atoms with E-state index in [0.29, 0.717) is 0 Å². The molecule has 0 N–H and O–H groups in total. The molecule has 0 bridgehead atoms. The largest absolute Gasteiger partial charge is 0.455 e. The molecule has 2 nitrogen and oxygen atoms in total. The summed E-state index contributed by atoms with van der Waals surface area (Å²) in [4.78, 5) is 0. The molecule has 0 radical (unpaired) electrons. The van der Waals surface area contributed by atoms with Crippen LogP contribution in [0.4, 0.5) is 0 Å². The van der Waals surface area contributed by atoms with Crippen molar-refractivity contribution in [2.45, 2.75) is 0 Å². The Kier molecular flexibility index (Phi) is 10.2. The van der Waals surface area contributed by atoms with Gasteiger partial charge in [-0.25, -0.2) is 0 Å². The third-order valence-corrected chi connectivity index (χ3v) is 11.4. The number of hydrogen-bond donors (Lipinski definition) is 0. The van der Waals surface area contributed by atoms with E-state index in [9.17, 15) is 0 Å². The van der Waals surface area contributed by atoms with E-state index in [1.54, 1.807) is 0 Å². The van der Waals surface area contributed by atoms with Crippen LogP contribution in [0.2, 0.25) is 0 Å². The Morgan fingerprint density at radius 1 is 0.183 bits per heavy atom. The molecule has 0 aromatic heterocycles. The Morgan fingerprint density at radius 3 is 0.500 bits per heavy atom. The quantitative estimate of drug-likeness (QED) is 0.146. The van der Waals surface area contributed by atoms with Gasteiger partial charge in [-0.05, 0) is 22.3 Å². The fraction of sp³-hybridized carbons (Fsp3) is 0.0345. The van der Waals surface area contributed by atoms with E-state index in [1.165, 1.54) is 0 Å². The summed E-state index contributed by atoms with van der Waals surface area (Å²) >= 11 is 0. The van der Waals surface area contributed by atoms with Gasteiger partial charge in [-0.2, -0.15) is 0 Å². The first-order chi connectivity index (χ1) is 29.8. The molecule has 2 heterocycles. The standard InChI is InChI=1S/C58H42O2/c1-9-25-41(26-10-1)49-53(50(42-27-11-2-12-28-42)56(46-35-19-6-20-36-46)59-55(49)45-33-17-5-18-34-45)54-51(43-29-13-3-14-30-43)57(47-37-21-7-22-38-47)60-58(48-39-23-8-24-40-48)52(54)44-31-15-4-16-32-44/h1-40,53-54H. The van der Waals surface area contributed by atoms with Crippen LogP contribution in [-0.4, -0.2) is 0 Å². The monoisotopic (exact) mass is 770 g/mol. The highest BCUT2D eigenvalue weighted by Crippen LogP contribution is 2.61. The van der Waals surface area contributed by atoms with Crippen LogP contribution < -0.4 is 0 Å². The van der Waals surface area contributed by atoms with Crippen LogP contribution in [0.25, 0.3) is 45.3 Å². The minimum Gasteiger partial charge on any atom is -0.455 e. The highest BCUT2D eigenvalue weighted by Gasteiger charge is 2.47. The van der Waals surface area contributed by atoms with Crippen molar-refractivity contribution in [2.24, 2.45) is 11.8 Å². The molecule has 2 aliphatic rings. The molecule has 8 aromatic carbocycles. The first-order valence-corrected chi connectivity index (χ1v) is 20.6. The minimum atomic E-state index is -0.305. The van der Waals surface area contributed by atoms with E-state index in [0.717, 1.165) is 89.8 Å². The molecule has 2 heteroatoms. The molecule has 0 unspecified atom stereocenters. The SMILES string of the molecule is c1ccc(C2=C(c3ccccc3)C(C3C(c4ccccc4)=C(c4ccccc4)OC(c4ccccc4)=C3c3ccccc3)C(c3ccccc3)=C(c3ccccc3)O2)cc1. The Hall–Kier alpha value is -7.68. The van der Waals surface area contributed by atoms with E-state index >= 15 is 0 Å². The second kappa shape index (κ2) is 16.7. The average Bonchev–Trinajstić information content (AvgIpc) is 3.35. The Bertz CT molecular complexity index is 2450. The molecule has 286 valence electrons. The van der Waals surface area contributed by atoms with E-state index in [2.05, 4.69) is 243 Å². The maximum Gasteiger partial charge on any atom is 0.139 e. The number of ether oxygens (including phenoxy) is 2. The Labute approximate surface area is 352 Å². The molecule has 0 saturated heterocycles. The van der Waals surface area contributed by atoms with Crippen LogP contribution in [0, 0.1) is 11.8 Å². The first kappa shape index (κ1) is 36.6. The van der Waals surface area contributed by atoms with Crippen molar-refractivity contribution < 1.29 is 9.47 Å². The van der Waals surface area contributed by atoms with Crippen molar-refractivity contribution in [1.82, 2.24) is 0 Å². The summed E-state index contributed by atoms with van der Waals surface area (Å²) in [5.74, 6) is 2.72. The topological polar surface area (TPSA) is 18.5 Å². The van der Waals surface area contributed by atoms with E-state index < -0.39 is 0 Å². The van der Waals surface area contributed by atoms with Crippen molar-refractivity contribution >= 4 is 45.3 Å². The maximum absolute atomic E-state index is 7.51. The fourth-order valence-corrected chi connectivity index (χ4v) is 8.87. The fourth-order valence-electron chi connectivity index (χ4n) is 8.87.